The number of carbonyl (C=O) groups is 2. The lowest BCUT2D eigenvalue weighted by atomic mass is 10.1. The van der Waals surface area contributed by atoms with Gasteiger partial charge in [-0.15, -0.1) is 0 Å². The number of hydrogen-bond acceptors (Lipinski definition) is 4. The van der Waals surface area contributed by atoms with Crippen LogP contribution in [0.4, 0.5) is 10.1 Å². The van der Waals surface area contributed by atoms with E-state index in [2.05, 4.69) is 22.4 Å². The smallest absolute Gasteiger partial charge is 0.233 e. The zero-order valence-corrected chi connectivity index (χ0v) is 16.4. The lowest BCUT2D eigenvalue weighted by Gasteiger charge is -2.31. The SMILES string of the molecule is CNC(=O)C1CC(=O)N(CCCc2ccccc2)C(=Nc2ccc(F)cc2)S1. The summed E-state index contributed by atoms with van der Waals surface area (Å²) in [5, 5.41) is 2.56. The molecule has 2 amide bonds. The summed E-state index contributed by atoms with van der Waals surface area (Å²) in [5.41, 5.74) is 1.75. The highest BCUT2D eigenvalue weighted by atomic mass is 32.2. The van der Waals surface area contributed by atoms with Crippen molar-refractivity contribution in [1.29, 1.82) is 0 Å². The summed E-state index contributed by atoms with van der Waals surface area (Å²) in [6.07, 6.45) is 1.76. The first-order valence-electron chi connectivity index (χ1n) is 9.13. The van der Waals surface area contributed by atoms with Gasteiger partial charge in [0.1, 0.15) is 5.82 Å². The fourth-order valence-electron chi connectivity index (χ4n) is 2.93. The predicted octanol–water partition coefficient (Wildman–Crippen LogP) is 3.53. The number of amides is 2. The van der Waals surface area contributed by atoms with Crippen molar-refractivity contribution in [3.05, 3.63) is 66.0 Å². The molecule has 2 aromatic rings. The molecule has 0 aromatic heterocycles. The van der Waals surface area contributed by atoms with Gasteiger partial charge in [-0.25, -0.2) is 9.38 Å². The van der Waals surface area contributed by atoms with Crippen LogP contribution in [-0.4, -0.2) is 40.7 Å². The molecule has 0 radical (unpaired) electrons. The Morgan fingerprint density at radius 2 is 1.93 bits per heavy atom. The number of aliphatic imine (C=N–C) groups is 1. The molecule has 5 nitrogen and oxygen atoms in total. The average Bonchev–Trinajstić information content (AvgIpc) is 2.71. The second-order valence-electron chi connectivity index (χ2n) is 6.43. The van der Waals surface area contributed by atoms with Crippen LogP contribution < -0.4 is 5.32 Å². The van der Waals surface area contributed by atoms with Crippen molar-refractivity contribution in [2.24, 2.45) is 4.99 Å². The van der Waals surface area contributed by atoms with Gasteiger partial charge in [0.25, 0.3) is 0 Å². The molecule has 1 aliphatic heterocycles. The average molecular weight is 399 g/mol. The maximum absolute atomic E-state index is 13.2. The zero-order chi connectivity index (χ0) is 19.9. The Morgan fingerprint density at radius 3 is 2.61 bits per heavy atom. The van der Waals surface area contributed by atoms with Gasteiger partial charge in [-0.2, -0.15) is 0 Å². The predicted molar refractivity (Wildman–Crippen MR) is 110 cm³/mol. The largest absolute Gasteiger partial charge is 0.358 e. The number of benzene rings is 2. The third-order valence-corrected chi connectivity index (χ3v) is 5.61. The number of carbonyl (C=O) groups excluding carboxylic acids is 2. The van der Waals surface area contributed by atoms with Crippen molar-refractivity contribution >= 4 is 34.4 Å². The second-order valence-corrected chi connectivity index (χ2v) is 7.60. The second kappa shape index (κ2) is 9.50. The molecule has 1 N–H and O–H groups in total. The molecule has 0 aliphatic carbocycles. The molecule has 1 atom stereocenters. The molecule has 7 heteroatoms. The van der Waals surface area contributed by atoms with Crippen molar-refractivity contribution in [3.8, 4) is 0 Å². The highest BCUT2D eigenvalue weighted by Crippen LogP contribution is 2.29. The Labute approximate surface area is 168 Å². The maximum Gasteiger partial charge on any atom is 0.233 e. The van der Waals surface area contributed by atoms with Crippen molar-refractivity contribution in [2.45, 2.75) is 24.5 Å². The molecule has 0 bridgehead atoms. The third-order valence-electron chi connectivity index (χ3n) is 4.42. The summed E-state index contributed by atoms with van der Waals surface area (Å²) >= 11 is 1.27. The fraction of sp³-hybridized carbons (Fsp3) is 0.286. The van der Waals surface area contributed by atoms with Gasteiger partial charge in [0.15, 0.2) is 5.17 Å². The van der Waals surface area contributed by atoms with Gasteiger partial charge < -0.3 is 5.32 Å². The normalized spacial score (nSPS) is 18.4. The summed E-state index contributed by atoms with van der Waals surface area (Å²) in [4.78, 5) is 30.9. The van der Waals surface area contributed by atoms with Gasteiger partial charge in [-0.3, -0.25) is 14.5 Å². The summed E-state index contributed by atoms with van der Waals surface area (Å²) < 4.78 is 13.2. The quantitative estimate of drug-likeness (QED) is 0.808. The van der Waals surface area contributed by atoms with Crippen molar-refractivity contribution < 1.29 is 14.0 Å². The Hall–Kier alpha value is -2.67. The lowest BCUT2D eigenvalue weighted by molar-refractivity contribution is -0.130. The van der Waals surface area contributed by atoms with E-state index < -0.39 is 5.25 Å². The van der Waals surface area contributed by atoms with E-state index in [0.717, 1.165) is 12.8 Å². The lowest BCUT2D eigenvalue weighted by Crippen LogP contribution is -2.46. The monoisotopic (exact) mass is 399 g/mol. The van der Waals surface area contributed by atoms with E-state index in [1.54, 1.807) is 24.1 Å². The minimum atomic E-state index is -0.512. The topological polar surface area (TPSA) is 61.8 Å². The van der Waals surface area contributed by atoms with Gasteiger partial charge in [0, 0.05) is 20.0 Å². The van der Waals surface area contributed by atoms with Crippen LogP contribution in [0.3, 0.4) is 0 Å². The van der Waals surface area contributed by atoms with E-state index in [4.69, 9.17) is 0 Å². The van der Waals surface area contributed by atoms with E-state index in [-0.39, 0.29) is 24.1 Å². The maximum atomic E-state index is 13.2. The van der Waals surface area contributed by atoms with Crippen LogP contribution in [0.25, 0.3) is 0 Å². The van der Waals surface area contributed by atoms with E-state index in [9.17, 15) is 14.0 Å². The van der Waals surface area contributed by atoms with E-state index in [1.165, 1.54) is 29.5 Å². The molecule has 146 valence electrons. The highest BCUT2D eigenvalue weighted by molar-refractivity contribution is 8.15. The molecule has 3 rings (SSSR count). The first-order valence-corrected chi connectivity index (χ1v) is 10.0. The van der Waals surface area contributed by atoms with Crippen molar-refractivity contribution in [1.82, 2.24) is 10.2 Å². The van der Waals surface area contributed by atoms with Crippen LogP contribution >= 0.6 is 11.8 Å². The molecular weight excluding hydrogens is 377 g/mol. The van der Waals surface area contributed by atoms with Crippen molar-refractivity contribution in [3.63, 3.8) is 0 Å². The summed E-state index contributed by atoms with van der Waals surface area (Å²) in [6.45, 7) is 0.515. The minimum absolute atomic E-state index is 0.124. The molecule has 28 heavy (non-hydrogen) atoms. The summed E-state index contributed by atoms with van der Waals surface area (Å²) in [6, 6.07) is 15.8. The van der Waals surface area contributed by atoms with Gasteiger partial charge >= 0.3 is 0 Å². The molecule has 1 aliphatic rings. The first kappa shape index (κ1) is 20.1. The van der Waals surface area contributed by atoms with Gasteiger partial charge in [-0.05, 0) is 42.7 Å². The molecule has 1 saturated heterocycles. The Bertz CT molecular complexity index is 856. The molecule has 1 fully saturated rings. The number of rotatable bonds is 6. The standard InChI is InChI=1S/C21H22FN3O2S/c1-23-20(27)18-14-19(26)25(13-5-8-15-6-3-2-4-7-15)21(28-18)24-17-11-9-16(22)10-12-17/h2-4,6-7,9-12,18H,5,8,13-14H2,1H3,(H,23,27). The van der Waals surface area contributed by atoms with Crippen LogP contribution in [-0.2, 0) is 16.0 Å². The van der Waals surface area contributed by atoms with E-state index >= 15 is 0 Å². The van der Waals surface area contributed by atoms with E-state index in [1.807, 2.05) is 18.2 Å². The Balaban J connectivity index is 1.77. The van der Waals surface area contributed by atoms with Crippen LogP contribution in [0, 0.1) is 5.82 Å². The summed E-state index contributed by atoms with van der Waals surface area (Å²) in [5.74, 6) is -0.672. The third kappa shape index (κ3) is 5.19. The number of thioether (sulfide) groups is 1. The number of nitrogens with zero attached hydrogens (tertiary/aromatic N) is 2. The number of amidine groups is 1. The van der Waals surface area contributed by atoms with Gasteiger partial charge in [-0.1, -0.05) is 42.1 Å². The van der Waals surface area contributed by atoms with E-state index in [0.29, 0.717) is 17.4 Å². The number of aryl methyl sites for hydroxylation is 1. The molecule has 1 heterocycles. The Kier molecular flexibility index (Phi) is 6.81. The van der Waals surface area contributed by atoms with Crippen LogP contribution in [0.2, 0.25) is 0 Å². The molecule has 1 unspecified atom stereocenters. The number of nitrogens with one attached hydrogen (secondary N) is 1. The minimum Gasteiger partial charge on any atom is -0.358 e. The molecule has 2 aromatic carbocycles. The molecule has 0 spiro atoms. The first-order chi connectivity index (χ1) is 13.6. The van der Waals surface area contributed by atoms with Crippen LogP contribution in [0.1, 0.15) is 18.4 Å². The highest BCUT2D eigenvalue weighted by Gasteiger charge is 2.35. The Morgan fingerprint density at radius 1 is 1.21 bits per heavy atom. The zero-order valence-electron chi connectivity index (χ0n) is 15.6. The molecular formula is C21H22FN3O2S. The fourth-order valence-corrected chi connectivity index (χ4v) is 4.12. The summed E-state index contributed by atoms with van der Waals surface area (Å²) in [7, 11) is 1.55. The van der Waals surface area contributed by atoms with Gasteiger partial charge in [0.05, 0.1) is 10.9 Å². The van der Waals surface area contributed by atoms with Gasteiger partial charge in [0.2, 0.25) is 11.8 Å². The molecule has 0 saturated carbocycles. The van der Waals surface area contributed by atoms with Crippen LogP contribution in [0.15, 0.2) is 59.6 Å². The number of halogens is 1. The van der Waals surface area contributed by atoms with Crippen molar-refractivity contribution in [2.75, 3.05) is 13.6 Å². The number of hydrogen-bond donors (Lipinski definition) is 1. The van der Waals surface area contributed by atoms with Crippen LogP contribution in [0.5, 0.6) is 0 Å².